The zero-order valence-corrected chi connectivity index (χ0v) is 12.2. The van der Waals surface area contributed by atoms with E-state index in [0.29, 0.717) is 12.2 Å². The second-order valence-electron chi connectivity index (χ2n) is 4.10. The molecule has 0 saturated carbocycles. The van der Waals surface area contributed by atoms with Gasteiger partial charge in [0.25, 0.3) is 0 Å². The van der Waals surface area contributed by atoms with E-state index in [9.17, 15) is 4.39 Å². The van der Waals surface area contributed by atoms with E-state index in [1.54, 1.807) is 23.5 Å². The van der Waals surface area contributed by atoms with Gasteiger partial charge in [0.05, 0.1) is 5.56 Å². The number of nitrogens with two attached hydrogens (primary N) is 1. The molecule has 0 atom stereocenters. The highest BCUT2D eigenvalue weighted by molar-refractivity contribution is 7.80. The third-order valence-corrected chi connectivity index (χ3v) is 4.21. The van der Waals surface area contributed by atoms with Gasteiger partial charge < -0.3 is 11.1 Å². The van der Waals surface area contributed by atoms with Crippen molar-refractivity contribution >= 4 is 34.2 Å². The smallest absolute Gasteiger partial charge is 0.135 e. The van der Waals surface area contributed by atoms with Gasteiger partial charge in [-0.25, -0.2) is 4.39 Å². The minimum absolute atomic E-state index is 0.0704. The third-order valence-electron chi connectivity index (χ3n) is 2.78. The Bertz CT molecular complexity index is 593. The van der Waals surface area contributed by atoms with Crippen molar-refractivity contribution in [1.82, 2.24) is 0 Å². The first kappa shape index (κ1) is 14.0. The lowest BCUT2D eigenvalue weighted by atomic mass is 10.1. The highest BCUT2D eigenvalue weighted by Gasteiger charge is 2.10. The first-order valence-corrected chi connectivity index (χ1v) is 7.24. The molecule has 0 radical (unpaired) electrons. The van der Waals surface area contributed by atoms with E-state index in [-0.39, 0.29) is 10.6 Å². The summed E-state index contributed by atoms with van der Waals surface area (Å²) in [5.41, 5.74) is 6.48. The number of rotatable bonds is 5. The lowest BCUT2D eigenvalue weighted by Gasteiger charge is -2.11. The molecule has 0 fully saturated rings. The second-order valence-corrected chi connectivity index (χ2v) is 5.79. The zero-order valence-electron chi connectivity index (χ0n) is 10.6. The molecular weight excluding hydrogens is 279 g/mol. The molecule has 0 unspecified atom stereocenters. The predicted octanol–water partition coefficient (Wildman–Crippen LogP) is 3.70. The number of nitrogens with one attached hydrogen (secondary N) is 1. The van der Waals surface area contributed by atoms with E-state index in [1.165, 1.54) is 15.8 Å². The van der Waals surface area contributed by atoms with Crippen LogP contribution >= 0.6 is 23.6 Å². The maximum absolute atomic E-state index is 13.7. The molecule has 1 aromatic heterocycles. The number of thiocarbonyl (C=S) groups is 1. The van der Waals surface area contributed by atoms with Crippen LogP contribution in [0.1, 0.15) is 22.2 Å². The number of anilines is 1. The molecule has 2 rings (SSSR count). The van der Waals surface area contributed by atoms with Crippen LogP contribution in [0.25, 0.3) is 0 Å². The van der Waals surface area contributed by atoms with Gasteiger partial charge in [-0.05, 0) is 30.7 Å². The Kier molecular flexibility index (Phi) is 4.50. The van der Waals surface area contributed by atoms with Crippen molar-refractivity contribution in [1.29, 1.82) is 0 Å². The minimum atomic E-state index is -0.391. The quantitative estimate of drug-likeness (QED) is 0.826. The molecule has 0 aliphatic rings. The van der Waals surface area contributed by atoms with Crippen LogP contribution in [-0.4, -0.2) is 4.99 Å². The Morgan fingerprint density at radius 1 is 1.32 bits per heavy atom. The standard InChI is InChI=1S/C14H15FN2S2/c1-2-9-6-7-10(19-9)8-17-12-5-3-4-11(15)13(12)14(16)18/h3-7,17H,2,8H2,1H3,(H2,16,18). The van der Waals surface area contributed by atoms with E-state index in [2.05, 4.69) is 24.4 Å². The molecule has 100 valence electrons. The Hall–Kier alpha value is -1.46. The molecule has 0 aliphatic carbocycles. The lowest BCUT2D eigenvalue weighted by Crippen LogP contribution is -2.15. The lowest BCUT2D eigenvalue weighted by molar-refractivity contribution is 0.626. The monoisotopic (exact) mass is 294 g/mol. The highest BCUT2D eigenvalue weighted by Crippen LogP contribution is 2.22. The Morgan fingerprint density at radius 3 is 2.68 bits per heavy atom. The number of hydrogen-bond donors (Lipinski definition) is 2. The summed E-state index contributed by atoms with van der Waals surface area (Å²) in [5, 5.41) is 3.19. The normalized spacial score (nSPS) is 10.4. The molecule has 0 spiro atoms. The fourth-order valence-corrected chi connectivity index (χ4v) is 2.92. The first-order valence-electron chi connectivity index (χ1n) is 6.01. The molecule has 0 amide bonds. The fraction of sp³-hybridized carbons (Fsp3) is 0.214. The fourth-order valence-electron chi connectivity index (χ4n) is 1.81. The summed E-state index contributed by atoms with van der Waals surface area (Å²) in [6, 6.07) is 8.98. The molecule has 19 heavy (non-hydrogen) atoms. The maximum Gasteiger partial charge on any atom is 0.135 e. The number of aryl methyl sites for hydroxylation is 1. The summed E-state index contributed by atoms with van der Waals surface area (Å²) in [5.74, 6) is -0.391. The number of benzene rings is 1. The minimum Gasteiger partial charge on any atom is -0.389 e. The molecule has 0 aliphatic heterocycles. The van der Waals surface area contributed by atoms with Crippen molar-refractivity contribution < 1.29 is 4.39 Å². The van der Waals surface area contributed by atoms with Crippen LogP contribution in [0.5, 0.6) is 0 Å². The van der Waals surface area contributed by atoms with E-state index in [0.717, 1.165) is 6.42 Å². The first-order chi connectivity index (χ1) is 9.11. The van der Waals surface area contributed by atoms with Crippen LogP contribution in [0.3, 0.4) is 0 Å². The molecule has 0 saturated heterocycles. The molecule has 1 heterocycles. The van der Waals surface area contributed by atoms with Crippen LogP contribution < -0.4 is 11.1 Å². The number of halogens is 1. The van der Waals surface area contributed by atoms with Gasteiger partial charge in [0.15, 0.2) is 0 Å². The van der Waals surface area contributed by atoms with Gasteiger partial charge in [0.1, 0.15) is 10.8 Å². The topological polar surface area (TPSA) is 38.0 Å². The van der Waals surface area contributed by atoms with Crippen molar-refractivity contribution in [3.05, 3.63) is 51.5 Å². The van der Waals surface area contributed by atoms with Crippen molar-refractivity contribution in [3.8, 4) is 0 Å². The summed E-state index contributed by atoms with van der Waals surface area (Å²) in [6.07, 6.45) is 1.03. The number of hydrogen-bond acceptors (Lipinski definition) is 3. The predicted molar refractivity (Wildman–Crippen MR) is 83.3 cm³/mol. The van der Waals surface area contributed by atoms with Crippen LogP contribution in [0.15, 0.2) is 30.3 Å². The molecule has 0 bridgehead atoms. The Balaban J connectivity index is 2.15. The van der Waals surface area contributed by atoms with E-state index in [4.69, 9.17) is 18.0 Å². The molecule has 5 heteroatoms. The maximum atomic E-state index is 13.7. The van der Waals surface area contributed by atoms with Crippen LogP contribution in [0, 0.1) is 5.82 Å². The molecule has 2 aromatic rings. The van der Waals surface area contributed by atoms with Gasteiger partial charge in [-0.2, -0.15) is 0 Å². The van der Waals surface area contributed by atoms with E-state index >= 15 is 0 Å². The van der Waals surface area contributed by atoms with Crippen LogP contribution in [-0.2, 0) is 13.0 Å². The molecule has 3 N–H and O–H groups in total. The van der Waals surface area contributed by atoms with E-state index in [1.807, 2.05) is 0 Å². The SMILES string of the molecule is CCc1ccc(CNc2cccc(F)c2C(N)=S)s1. The summed E-state index contributed by atoms with van der Waals surface area (Å²) >= 11 is 6.64. The van der Waals surface area contributed by atoms with Gasteiger partial charge >= 0.3 is 0 Å². The zero-order chi connectivity index (χ0) is 13.8. The third kappa shape index (κ3) is 3.30. The second kappa shape index (κ2) is 6.12. The number of thiophene rings is 1. The van der Waals surface area contributed by atoms with Gasteiger partial charge in [-0.15, -0.1) is 11.3 Å². The summed E-state index contributed by atoms with van der Waals surface area (Å²) in [6.45, 7) is 2.77. The Morgan fingerprint density at radius 2 is 2.05 bits per heavy atom. The van der Waals surface area contributed by atoms with Crippen LogP contribution in [0.4, 0.5) is 10.1 Å². The highest BCUT2D eigenvalue weighted by atomic mass is 32.1. The van der Waals surface area contributed by atoms with Crippen molar-refractivity contribution in [3.63, 3.8) is 0 Å². The molecule has 1 aromatic carbocycles. The average Bonchev–Trinajstić information content (AvgIpc) is 2.83. The van der Waals surface area contributed by atoms with Gasteiger partial charge in [0.2, 0.25) is 0 Å². The van der Waals surface area contributed by atoms with Gasteiger partial charge in [0, 0.05) is 22.0 Å². The van der Waals surface area contributed by atoms with Crippen molar-refractivity contribution in [2.75, 3.05) is 5.32 Å². The van der Waals surface area contributed by atoms with E-state index < -0.39 is 5.82 Å². The summed E-state index contributed by atoms with van der Waals surface area (Å²) in [4.78, 5) is 2.61. The van der Waals surface area contributed by atoms with Gasteiger partial charge in [-0.1, -0.05) is 25.2 Å². The molecular formula is C14H15FN2S2. The van der Waals surface area contributed by atoms with Crippen LogP contribution in [0.2, 0.25) is 0 Å². The largest absolute Gasteiger partial charge is 0.389 e. The summed E-state index contributed by atoms with van der Waals surface area (Å²) in [7, 11) is 0. The molecule has 2 nitrogen and oxygen atoms in total. The Labute approximate surface area is 121 Å². The average molecular weight is 294 g/mol. The van der Waals surface area contributed by atoms with Crippen molar-refractivity contribution in [2.45, 2.75) is 19.9 Å². The van der Waals surface area contributed by atoms with Gasteiger partial charge in [-0.3, -0.25) is 0 Å². The van der Waals surface area contributed by atoms with Crippen molar-refractivity contribution in [2.24, 2.45) is 5.73 Å². The summed E-state index contributed by atoms with van der Waals surface area (Å²) < 4.78 is 13.7.